The predicted octanol–water partition coefficient (Wildman–Crippen LogP) is 1.60. The lowest BCUT2D eigenvalue weighted by atomic mass is 9.94. The zero-order valence-corrected chi connectivity index (χ0v) is 14.3. The van der Waals surface area contributed by atoms with Gasteiger partial charge >= 0.3 is 6.03 Å². The van der Waals surface area contributed by atoms with E-state index in [1.807, 2.05) is 29.2 Å². The summed E-state index contributed by atoms with van der Waals surface area (Å²) in [5.41, 5.74) is 6.41. The van der Waals surface area contributed by atoms with Gasteiger partial charge in [-0.2, -0.15) is 0 Å². The molecule has 3 amide bonds. The highest BCUT2D eigenvalue weighted by Crippen LogP contribution is 2.28. The van der Waals surface area contributed by atoms with Gasteiger partial charge in [-0.05, 0) is 30.5 Å². The summed E-state index contributed by atoms with van der Waals surface area (Å²) in [6.07, 6.45) is 1.61. The molecule has 0 bridgehead atoms. The number of piperidine rings is 1. The number of halogens is 1. The smallest absolute Gasteiger partial charge is 0.314 e. The fourth-order valence-corrected chi connectivity index (χ4v) is 3.79. The van der Waals surface area contributed by atoms with E-state index in [1.54, 1.807) is 4.90 Å². The first-order valence-electron chi connectivity index (χ1n) is 8.37. The van der Waals surface area contributed by atoms with Crippen molar-refractivity contribution in [3.63, 3.8) is 0 Å². The number of piperazine rings is 1. The number of hydrogen-bond acceptors (Lipinski definition) is 3. The van der Waals surface area contributed by atoms with E-state index in [1.165, 1.54) is 0 Å². The van der Waals surface area contributed by atoms with Gasteiger partial charge in [-0.3, -0.25) is 4.79 Å². The standard InChI is InChI=1S/C17H23ClN4O2/c18-14-5-1-3-12(9-14)15-10-20-6-8-22(15)16(23)13-4-2-7-21(11-13)17(19)24/h1,3,5,9,13,15,20H,2,4,6-8,10-11H2,(H2,19,24). The fourth-order valence-electron chi connectivity index (χ4n) is 3.59. The van der Waals surface area contributed by atoms with Crippen molar-refractivity contribution in [1.82, 2.24) is 15.1 Å². The molecule has 0 saturated carbocycles. The number of nitrogens with two attached hydrogens (primary N) is 1. The van der Waals surface area contributed by atoms with Crippen molar-refractivity contribution >= 4 is 23.5 Å². The molecule has 6 nitrogen and oxygen atoms in total. The first kappa shape index (κ1) is 17.0. The number of likely N-dealkylation sites (tertiary alicyclic amines) is 1. The molecule has 0 aromatic heterocycles. The number of hydrogen-bond donors (Lipinski definition) is 2. The molecule has 2 heterocycles. The Hall–Kier alpha value is -1.79. The molecule has 1 aromatic carbocycles. The molecule has 3 N–H and O–H groups in total. The summed E-state index contributed by atoms with van der Waals surface area (Å²) in [5.74, 6) is -0.0709. The number of amides is 3. The molecule has 130 valence electrons. The molecule has 2 aliphatic rings. The molecule has 2 unspecified atom stereocenters. The quantitative estimate of drug-likeness (QED) is 0.850. The number of benzene rings is 1. The number of urea groups is 1. The van der Waals surface area contributed by atoms with Crippen LogP contribution >= 0.6 is 11.6 Å². The van der Waals surface area contributed by atoms with Gasteiger partial charge in [-0.1, -0.05) is 23.7 Å². The Labute approximate surface area is 146 Å². The van der Waals surface area contributed by atoms with E-state index in [0.29, 0.717) is 31.2 Å². The van der Waals surface area contributed by atoms with E-state index >= 15 is 0 Å². The number of carbonyl (C=O) groups excluding carboxylic acids is 2. The van der Waals surface area contributed by atoms with E-state index in [2.05, 4.69) is 5.32 Å². The van der Waals surface area contributed by atoms with Crippen molar-refractivity contribution in [2.75, 3.05) is 32.7 Å². The van der Waals surface area contributed by atoms with Crippen LogP contribution < -0.4 is 11.1 Å². The maximum Gasteiger partial charge on any atom is 0.314 e. The minimum absolute atomic E-state index is 0.0334. The topological polar surface area (TPSA) is 78.7 Å². The number of carbonyl (C=O) groups is 2. The summed E-state index contributed by atoms with van der Waals surface area (Å²) >= 11 is 6.11. The van der Waals surface area contributed by atoms with Crippen molar-refractivity contribution < 1.29 is 9.59 Å². The van der Waals surface area contributed by atoms with Crippen LogP contribution in [0.4, 0.5) is 4.79 Å². The van der Waals surface area contributed by atoms with Crippen LogP contribution in [0.2, 0.25) is 5.02 Å². The molecular formula is C17H23ClN4O2. The molecule has 2 atom stereocenters. The molecule has 2 fully saturated rings. The van der Waals surface area contributed by atoms with Crippen LogP contribution in [0, 0.1) is 5.92 Å². The second kappa shape index (κ2) is 7.40. The maximum absolute atomic E-state index is 13.1. The van der Waals surface area contributed by atoms with Gasteiger partial charge in [0.15, 0.2) is 0 Å². The van der Waals surface area contributed by atoms with Crippen LogP contribution in [-0.4, -0.2) is 54.5 Å². The third kappa shape index (κ3) is 3.65. The van der Waals surface area contributed by atoms with E-state index in [9.17, 15) is 9.59 Å². The molecule has 3 rings (SSSR count). The minimum atomic E-state index is -0.445. The summed E-state index contributed by atoms with van der Waals surface area (Å²) in [5, 5.41) is 4.02. The summed E-state index contributed by atoms with van der Waals surface area (Å²) < 4.78 is 0. The van der Waals surface area contributed by atoms with Gasteiger partial charge in [0.05, 0.1) is 12.0 Å². The Balaban J connectivity index is 1.77. The first-order chi connectivity index (χ1) is 11.6. The molecule has 0 aliphatic carbocycles. The zero-order chi connectivity index (χ0) is 17.1. The second-order valence-electron chi connectivity index (χ2n) is 6.43. The van der Waals surface area contributed by atoms with Crippen LogP contribution in [0.25, 0.3) is 0 Å². The van der Waals surface area contributed by atoms with Crippen molar-refractivity contribution in [3.8, 4) is 0 Å². The van der Waals surface area contributed by atoms with Crippen LogP contribution in [0.3, 0.4) is 0 Å². The highest BCUT2D eigenvalue weighted by molar-refractivity contribution is 6.30. The van der Waals surface area contributed by atoms with Crippen LogP contribution in [0.1, 0.15) is 24.4 Å². The van der Waals surface area contributed by atoms with E-state index in [0.717, 1.165) is 24.9 Å². The molecule has 0 radical (unpaired) electrons. The highest BCUT2D eigenvalue weighted by atomic mass is 35.5. The Morgan fingerprint density at radius 2 is 2.12 bits per heavy atom. The maximum atomic E-state index is 13.1. The molecule has 24 heavy (non-hydrogen) atoms. The fraction of sp³-hybridized carbons (Fsp3) is 0.529. The van der Waals surface area contributed by atoms with Crippen molar-refractivity contribution in [1.29, 1.82) is 0 Å². The molecule has 2 saturated heterocycles. The molecular weight excluding hydrogens is 328 g/mol. The minimum Gasteiger partial charge on any atom is -0.351 e. The number of nitrogens with one attached hydrogen (secondary N) is 1. The number of primary amides is 1. The van der Waals surface area contributed by atoms with E-state index < -0.39 is 6.03 Å². The third-order valence-corrected chi connectivity index (χ3v) is 5.08. The largest absolute Gasteiger partial charge is 0.351 e. The lowest BCUT2D eigenvalue weighted by molar-refractivity contribution is -0.140. The Morgan fingerprint density at radius 1 is 1.29 bits per heavy atom. The van der Waals surface area contributed by atoms with Gasteiger partial charge in [0.25, 0.3) is 0 Å². The van der Waals surface area contributed by atoms with Crippen molar-refractivity contribution in [2.45, 2.75) is 18.9 Å². The van der Waals surface area contributed by atoms with E-state index in [-0.39, 0.29) is 17.9 Å². The third-order valence-electron chi connectivity index (χ3n) is 4.84. The van der Waals surface area contributed by atoms with Gasteiger partial charge in [-0.25, -0.2) is 4.79 Å². The summed E-state index contributed by atoms with van der Waals surface area (Å²) in [7, 11) is 0. The second-order valence-corrected chi connectivity index (χ2v) is 6.87. The Bertz CT molecular complexity index is 624. The normalized spacial score (nSPS) is 24.7. The SMILES string of the molecule is NC(=O)N1CCCC(C(=O)N2CCNCC2c2cccc(Cl)c2)C1. The van der Waals surface area contributed by atoms with Crippen LogP contribution in [0.15, 0.2) is 24.3 Å². The number of rotatable bonds is 2. The summed E-state index contributed by atoms with van der Waals surface area (Å²) in [6.45, 7) is 3.19. The predicted molar refractivity (Wildman–Crippen MR) is 92.7 cm³/mol. The first-order valence-corrected chi connectivity index (χ1v) is 8.75. The van der Waals surface area contributed by atoms with Crippen molar-refractivity contribution in [3.05, 3.63) is 34.9 Å². The van der Waals surface area contributed by atoms with Crippen LogP contribution in [-0.2, 0) is 4.79 Å². The average Bonchev–Trinajstić information content (AvgIpc) is 2.61. The lowest BCUT2D eigenvalue weighted by Crippen LogP contribution is -2.53. The Kier molecular flexibility index (Phi) is 5.26. The summed E-state index contributed by atoms with van der Waals surface area (Å²) in [6, 6.07) is 7.17. The lowest BCUT2D eigenvalue weighted by Gasteiger charge is -2.40. The van der Waals surface area contributed by atoms with Gasteiger partial charge in [0, 0.05) is 37.7 Å². The average molecular weight is 351 g/mol. The molecule has 0 spiro atoms. The Morgan fingerprint density at radius 3 is 2.88 bits per heavy atom. The monoisotopic (exact) mass is 350 g/mol. The van der Waals surface area contributed by atoms with Gasteiger partial charge < -0.3 is 20.9 Å². The van der Waals surface area contributed by atoms with Crippen molar-refractivity contribution in [2.24, 2.45) is 11.7 Å². The molecule has 1 aromatic rings. The molecule has 7 heteroatoms. The van der Waals surface area contributed by atoms with Gasteiger partial charge in [-0.15, -0.1) is 0 Å². The summed E-state index contributed by atoms with van der Waals surface area (Å²) in [4.78, 5) is 28.0. The van der Waals surface area contributed by atoms with Gasteiger partial charge in [0.2, 0.25) is 5.91 Å². The van der Waals surface area contributed by atoms with E-state index in [4.69, 9.17) is 17.3 Å². The van der Waals surface area contributed by atoms with Gasteiger partial charge in [0.1, 0.15) is 0 Å². The van der Waals surface area contributed by atoms with Crippen LogP contribution in [0.5, 0.6) is 0 Å². The highest BCUT2D eigenvalue weighted by Gasteiger charge is 2.35. The number of nitrogens with zero attached hydrogens (tertiary/aromatic N) is 2. The zero-order valence-electron chi connectivity index (χ0n) is 13.6. The molecule has 2 aliphatic heterocycles.